The molecule has 0 radical (unpaired) electrons. The highest BCUT2D eigenvalue weighted by atomic mass is 35.5. The first-order valence-electron chi connectivity index (χ1n) is 10.1. The number of hydrogen-bond acceptors (Lipinski definition) is 5. The van der Waals surface area contributed by atoms with Crippen LogP contribution >= 0.6 is 22.9 Å². The highest BCUT2D eigenvalue weighted by Crippen LogP contribution is 2.24. The molecule has 6 heteroatoms. The Morgan fingerprint density at radius 1 is 1.07 bits per heavy atom. The van der Waals surface area contributed by atoms with Gasteiger partial charge in [0.1, 0.15) is 5.01 Å². The maximum absolute atomic E-state index is 6.10. The third-order valence-electron chi connectivity index (χ3n) is 4.95. The zero-order chi connectivity index (χ0) is 20.8. The van der Waals surface area contributed by atoms with Gasteiger partial charge in [0.2, 0.25) is 0 Å². The lowest BCUT2D eigenvalue weighted by atomic mass is 10.2. The highest BCUT2D eigenvalue weighted by Gasteiger charge is 2.10. The lowest BCUT2D eigenvalue weighted by molar-refractivity contribution is 0.255. The molecule has 0 saturated carbocycles. The number of halogens is 1. The Morgan fingerprint density at radius 2 is 1.93 bits per heavy atom. The van der Waals surface area contributed by atoms with Crippen LogP contribution in [0.3, 0.4) is 0 Å². The quantitative estimate of drug-likeness (QED) is 0.319. The van der Waals surface area contributed by atoms with E-state index in [1.54, 1.807) is 11.3 Å². The van der Waals surface area contributed by atoms with E-state index in [9.17, 15) is 0 Å². The lowest BCUT2D eigenvalue weighted by Gasteiger charge is -2.21. The molecule has 0 spiro atoms. The lowest BCUT2D eigenvalue weighted by Crippen LogP contribution is -2.25. The van der Waals surface area contributed by atoms with Crippen LogP contribution in [0.4, 0.5) is 5.69 Å². The summed E-state index contributed by atoms with van der Waals surface area (Å²) in [6.07, 6.45) is 2.86. The molecule has 0 aliphatic rings. The van der Waals surface area contributed by atoms with Crippen molar-refractivity contribution < 1.29 is 0 Å². The normalized spacial score (nSPS) is 11.3. The molecule has 0 unspecified atom stereocenters. The Morgan fingerprint density at radius 3 is 2.73 bits per heavy atom. The van der Waals surface area contributed by atoms with Crippen molar-refractivity contribution >= 4 is 39.5 Å². The Kier molecular flexibility index (Phi) is 6.95. The van der Waals surface area contributed by atoms with Gasteiger partial charge in [-0.2, -0.15) is 0 Å². The molecule has 0 aliphatic heterocycles. The summed E-state index contributed by atoms with van der Waals surface area (Å²) in [5.41, 5.74) is 4.44. The topological polar surface area (TPSA) is 41.0 Å². The van der Waals surface area contributed by atoms with Crippen molar-refractivity contribution in [1.29, 1.82) is 0 Å². The van der Waals surface area contributed by atoms with Crippen LogP contribution in [-0.4, -0.2) is 28.0 Å². The molecule has 0 amide bonds. The minimum Gasteiger partial charge on any atom is -0.384 e. The van der Waals surface area contributed by atoms with Crippen LogP contribution in [-0.2, 0) is 13.1 Å². The van der Waals surface area contributed by atoms with Crippen molar-refractivity contribution in [2.45, 2.75) is 26.4 Å². The van der Waals surface area contributed by atoms with Gasteiger partial charge in [-0.15, -0.1) is 11.3 Å². The smallest absolute Gasteiger partial charge is 0.107 e. The first-order chi connectivity index (χ1) is 14.7. The number of pyridine rings is 1. The summed E-state index contributed by atoms with van der Waals surface area (Å²) in [6, 6.07) is 18.5. The molecule has 2 aromatic heterocycles. The van der Waals surface area contributed by atoms with Gasteiger partial charge in [-0.25, -0.2) is 4.98 Å². The summed E-state index contributed by atoms with van der Waals surface area (Å²) in [6.45, 7) is 5.75. The second-order valence-corrected chi connectivity index (χ2v) is 8.76. The standard InChI is InChI=1S/C24H25ClN4S/c1-18-17-30-24(28-18)16-29(15-19-6-3-2-4-7-19)13-5-11-26-22-10-12-27-23-14-20(25)8-9-21(22)23/h2-4,6-10,12,14,17H,5,11,13,15-16H2,1H3,(H,26,27). The van der Waals surface area contributed by atoms with E-state index >= 15 is 0 Å². The minimum absolute atomic E-state index is 0.709. The molecule has 0 bridgehead atoms. The third-order valence-corrected chi connectivity index (χ3v) is 6.13. The number of aryl methyl sites for hydroxylation is 1. The summed E-state index contributed by atoms with van der Waals surface area (Å²) < 4.78 is 0. The van der Waals surface area contributed by atoms with E-state index in [1.165, 1.54) is 10.6 Å². The Hall–Kier alpha value is -2.47. The number of nitrogens with one attached hydrogen (secondary N) is 1. The van der Waals surface area contributed by atoms with Crippen molar-refractivity contribution in [3.05, 3.63) is 87.5 Å². The molecule has 0 fully saturated rings. The number of rotatable bonds is 9. The van der Waals surface area contributed by atoms with E-state index < -0.39 is 0 Å². The van der Waals surface area contributed by atoms with Gasteiger partial charge < -0.3 is 5.32 Å². The van der Waals surface area contributed by atoms with Crippen molar-refractivity contribution in [2.24, 2.45) is 0 Å². The first-order valence-corrected chi connectivity index (χ1v) is 11.4. The van der Waals surface area contributed by atoms with Gasteiger partial charge in [-0.1, -0.05) is 41.9 Å². The number of anilines is 1. The number of hydrogen-bond donors (Lipinski definition) is 1. The molecule has 4 aromatic rings. The Labute approximate surface area is 186 Å². The maximum atomic E-state index is 6.10. The zero-order valence-corrected chi connectivity index (χ0v) is 18.6. The molecule has 1 N–H and O–H groups in total. The average molecular weight is 437 g/mol. The molecular weight excluding hydrogens is 412 g/mol. The van der Waals surface area contributed by atoms with Crippen molar-refractivity contribution in [1.82, 2.24) is 14.9 Å². The first kappa shape index (κ1) is 20.8. The second kappa shape index (κ2) is 10.0. The number of nitrogens with zero attached hydrogens (tertiary/aromatic N) is 3. The van der Waals surface area contributed by atoms with E-state index in [-0.39, 0.29) is 0 Å². The predicted octanol–water partition coefficient (Wildman–Crippen LogP) is 6.16. The van der Waals surface area contributed by atoms with E-state index in [2.05, 4.69) is 62.8 Å². The summed E-state index contributed by atoms with van der Waals surface area (Å²) in [7, 11) is 0. The van der Waals surface area contributed by atoms with Gasteiger partial charge in [0.15, 0.2) is 0 Å². The Balaban J connectivity index is 1.37. The number of thiazole rings is 1. The van der Waals surface area contributed by atoms with Gasteiger partial charge in [-0.3, -0.25) is 9.88 Å². The van der Waals surface area contributed by atoms with E-state index in [4.69, 9.17) is 11.6 Å². The zero-order valence-electron chi connectivity index (χ0n) is 17.0. The maximum Gasteiger partial charge on any atom is 0.107 e. The fourth-order valence-corrected chi connectivity index (χ4v) is 4.50. The van der Waals surface area contributed by atoms with Crippen LogP contribution < -0.4 is 5.32 Å². The van der Waals surface area contributed by atoms with Crippen LogP contribution in [0.5, 0.6) is 0 Å². The van der Waals surface area contributed by atoms with Crippen LogP contribution in [0, 0.1) is 6.92 Å². The van der Waals surface area contributed by atoms with Crippen molar-refractivity contribution in [2.75, 3.05) is 18.4 Å². The van der Waals surface area contributed by atoms with Gasteiger partial charge >= 0.3 is 0 Å². The number of benzene rings is 2. The highest BCUT2D eigenvalue weighted by molar-refractivity contribution is 7.09. The van der Waals surface area contributed by atoms with Gasteiger partial charge in [0.25, 0.3) is 0 Å². The van der Waals surface area contributed by atoms with Crippen LogP contribution in [0.2, 0.25) is 5.02 Å². The molecule has 0 atom stereocenters. The fourth-order valence-electron chi connectivity index (χ4n) is 3.52. The molecule has 0 aliphatic carbocycles. The van der Waals surface area contributed by atoms with E-state index in [0.717, 1.165) is 54.9 Å². The molecule has 154 valence electrons. The summed E-state index contributed by atoms with van der Waals surface area (Å²) in [4.78, 5) is 11.5. The average Bonchev–Trinajstić information content (AvgIpc) is 3.16. The van der Waals surface area contributed by atoms with E-state index in [0.29, 0.717) is 5.02 Å². The van der Waals surface area contributed by atoms with Gasteiger partial charge in [0, 0.05) is 53.0 Å². The van der Waals surface area contributed by atoms with Crippen molar-refractivity contribution in [3.63, 3.8) is 0 Å². The molecule has 30 heavy (non-hydrogen) atoms. The predicted molar refractivity (Wildman–Crippen MR) is 127 cm³/mol. The van der Waals surface area contributed by atoms with Crippen molar-refractivity contribution in [3.8, 4) is 0 Å². The number of fused-ring (bicyclic) bond motifs is 1. The fraction of sp³-hybridized carbons (Fsp3) is 0.250. The molecule has 4 rings (SSSR count). The minimum atomic E-state index is 0.709. The second-order valence-electron chi connectivity index (χ2n) is 7.38. The monoisotopic (exact) mass is 436 g/mol. The van der Waals surface area contributed by atoms with Crippen LogP contribution in [0.1, 0.15) is 22.7 Å². The molecular formula is C24H25ClN4S. The van der Waals surface area contributed by atoms with Crippen LogP contribution in [0.25, 0.3) is 10.9 Å². The number of aromatic nitrogens is 2. The van der Waals surface area contributed by atoms with Crippen LogP contribution in [0.15, 0.2) is 66.2 Å². The largest absolute Gasteiger partial charge is 0.384 e. The summed E-state index contributed by atoms with van der Waals surface area (Å²) in [5, 5.41) is 8.68. The molecule has 2 heterocycles. The molecule has 4 nitrogen and oxygen atoms in total. The molecule has 0 saturated heterocycles. The SMILES string of the molecule is Cc1csc(CN(CCCNc2ccnc3cc(Cl)ccc23)Cc2ccccc2)n1. The van der Waals surface area contributed by atoms with Gasteiger partial charge in [0.05, 0.1) is 12.1 Å². The van der Waals surface area contributed by atoms with Gasteiger partial charge in [-0.05, 0) is 43.2 Å². The molecule has 2 aromatic carbocycles. The Bertz CT molecular complexity index is 1100. The summed E-state index contributed by atoms with van der Waals surface area (Å²) in [5.74, 6) is 0. The summed E-state index contributed by atoms with van der Waals surface area (Å²) >= 11 is 7.84. The third kappa shape index (κ3) is 5.57. The van der Waals surface area contributed by atoms with E-state index in [1.807, 2.05) is 30.5 Å².